The number of alkyl halides is 3. The smallest absolute Gasteiger partial charge is 0.265 e. The van der Waals surface area contributed by atoms with Crippen LogP contribution < -0.4 is 5.32 Å². The monoisotopic (exact) mass is 548 g/mol. The zero-order chi connectivity index (χ0) is 24.7. The second-order valence-electron chi connectivity index (χ2n) is 8.62. The van der Waals surface area contributed by atoms with Gasteiger partial charge < -0.3 is 23.6 Å². The Balaban J connectivity index is 3.41. The van der Waals surface area contributed by atoms with Crippen LogP contribution in [0.5, 0.6) is 0 Å². The van der Waals surface area contributed by atoms with Gasteiger partial charge in [0.05, 0.1) is 24.4 Å². The zero-order valence-corrected chi connectivity index (χ0v) is 25.2. The normalized spacial score (nSPS) is 27.4. The summed E-state index contributed by atoms with van der Waals surface area (Å²) in [5, 5.41) is 11.4. The molecule has 0 saturated carbocycles. The molecule has 1 rings (SSSR count). The lowest BCUT2D eigenvalue weighted by molar-refractivity contribution is -0.230. The van der Waals surface area contributed by atoms with Crippen LogP contribution in [0.3, 0.4) is 0 Å². The van der Waals surface area contributed by atoms with E-state index in [-0.39, 0.29) is 24.4 Å². The lowest BCUT2D eigenvalue weighted by Crippen LogP contribution is -2.67. The first-order valence-electron chi connectivity index (χ1n) is 11.9. The highest BCUT2D eigenvalue weighted by Gasteiger charge is 2.52. The summed E-state index contributed by atoms with van der Waals surface area (Å²) in [4.78, 5) is 0. The quantitative estimate of drug-likeness (QED) is 0.126. The predicted octanol–water partition coefficient (Wildman–Crippen LogP) is 6.46. The summed E-state index contributed by atoms with van der Waals surface area (Å²) in [6.07, 6.45) is -1.66. The minimum absolute atomic E-state index is 0.239. The fourth-order valence-electron chi connectivity index (χ4n) is 4.46. The van der Waals surface area contributed by atoms with Crippen molar-refractivity contribution in [1.29, 1.82) is 5.41 Å². The lowest BCUT2D eigenvalue weighted by Gasteiger charge is -2.50. The van der Waals surface area contributed by atoms with Crippen LogP contribution in [0.2, 0.25) is 36.3 Å². The van der Waals surface area contributed by atoms with E-state index in [0.29, 0.717) is 0 Å². The summed E-state index contributed by atoms with van der Waals surface area (Å²) < 4.78 is 24.0. The average Bonchev–Trinajstić information content (AvgIpc) is 2.77. The molecule has 0 amide bonds. The van der Waals surface area contributed by atoms with Gasteiger partial charge in [0, 0.05) is 0 Å². The SMILES string of the molecule is CC[Si](CC)(CC)O[C@@H]1[C@@H](NC)[C@@H](OC(=N)C(Cl)(Cl)Cl)O[C@H](C)[C@@H]1O[Si](CC)(CC)CC. The molecular weight excluding hydrogens is 507 g/mol. The number of nitrogens with one attached hydrogen (secondary N) is 2. The Morgan fingerprint density at radius 2 is 1.28 bits per heavy atom. The van der Waals surface area contributed by atoms with Gasteiger partial charge in [0.25, 0.3) is 3.79 Å². The number of hydrogen-bond donors (Lipinski definition) is 2. The fraction of sp³-hybridized carbons (Fsp3) is 0.952. The lowest BCUT2D eigenvalue weighted by atomic mass is 9.98. The van der Waals surface area contributed by atoms with Crippen molar-refractivity contribution in [3.05, 3.63) is 0 Å². The van der Waals surface area contributed by atoms with Gasteiger partial charge >= 0.3 is 0 Å². The molecule has 2 N–H and O–H groups in total. The largest absolute Gasteiger partial charge is 0.446 e. The maximum atomic E-state index is 8.06. The van der Waals surface area contributed by atoms with Crippen molar-refractivity contribution >= 4 is 57.3 Å². The molecule has 0 aliphatic carbocycles. The number of likely N-dealkylation sites (N-methyl/N-ethyl adjacent to an activating group) is 1. The minimum Gasteiger partial charge on any atom is -0.446 e. The van der Waals surface area contributed by atoms with Gasteiger partial charge in [0.1, 0.15) is 0 Å². The van der Waals surface area contributed by atoms with Crippen LogP contribution in [0.1, 0.15) is 48.5 Å². The van der Waals surface area contributed by atoms with Crippen LogP contribution in [0, 0.1) is 5.41 Å². The summed E-state index contributed by atoms with van der Waals surface area (Å²) in [5.41, 5.74) is 0. The van der Waals surface area contributed by atoms with Crippen LogP contribution in [0.25, 0.3) is 0 Å². The molecule has 0 unspecified atom stereocenters. The molecule has 0 bridgehead atoms. The Labute approximate surface area is 212 Å². The molecule has 5 atom stereocenters. The fourth-order valence-corrected chi connectivity index (χ4v) is 10.4. The van der Waals surface area contributed by atoms with E-state index < -0.39 is 32.6 Å². The van der Waals surface area contributed by atoms with Gasteiger partial charge in [-0.25, -0.2) is 0 Å². The Morgan fingerprint density at radius 3 is 1.62 bits per heavy atom. The first-order chi connectivity index (χ1) is 14.9. The Hall–Kier alpha value is 0.614. The molecule has 1 heterocycles. The van der Waals surface area contributed by atoms with E-state index in [9.17, 15) is 0 Å². The molecule has 1 aliphatic rings. The van der Waals surface area contributed by atoms with Crippen molar-refractivity contribution in [3.8, 4) is 0 Å². The predicted molar refractivity (Wildman–Crippen MR) is 140 cm³/mol. The van der Waals surface area contributed by atoms with Gasteiger partial charge in [-0.2, -0.15) is 0 Å². The van der Waals surface area contributed by atoms with Crippen LogP contribution in [-0.2, 0) is 18.3 Å². The van der Waals surface area contributed by atoms with E-state index in [1.807, 2.05) is 14.0 Å². The maximum Gasteiger partial charge on any atom is 0.265 e. The minimum atomic E-state index is -1.99. The summed E-state index contributed by atoms with van der Waals surface area (Å²) in [6.45, 7) is 15.3. The first kappa shape index (κ1) is 30.6. The van der Waals surface area contributed by atoms with E-state index in [4.69, 9.17) is 58.5 Å². The average molecular weight is 550 g/mol. The molecule has 0 aromatic rings. The van der Waals surface area contributed by atoms with E-state index in [1.165, 1.54) is 0 Å². The summed E-state index contributed by atoms with van der Waals surface area (Å²) in [6, 6.07) is 5.78. The van der Waals surface area contributed by atoms with Gasteiger partial charge in [0.15, 0.2) is 16.6 Å². The number of ether oxygens (including phenoxy) is 2. The molecule has 0 radical (unpaired) electrons. The highest BCUT2D eigenvalue weighted by molar-refractivity contribution is 6.76. The molecule has 32 heavy (non-hydrogen) atoms. The van der Waals surface area contributed by atoms with Crippen LogP contribution in [0.15, 0.2) is 0 Å². The van der Waals surface area contributed by atoms with Gasteiger partial charge in [0.2, 0.25) is 12.2 Å². The molecule has 1 aliphatic heterocycles. The Kier molecular flexibility index (Phi) is 12.5. The van der Waals surface area contributed by atoms with Gasteiger partial charge in [-0.15, -0.1) is 0 Å². The molecule has 0 spiro atoms. The van der Waals surface area contributed by atoms with Crippen molar-refractivity contribution in [1.82, 2.24) is 5.32 Å². The van der Waals surface area contributed by atoms with E-state index >= 15 is 0 Å². The molecule has 0 aromatic carbocycles. The second kappa shape index (κ2) is 13.1. The summed E-state index contributed by atoms with van der Waals surface area (Å²) in [5.74, 6) is -0.470. The van der Waals surface area contributed by atoms with Gasteiger partial charge in [-0.05, 0) is 50.2 Å². The van der Waals surface area contributed by atoms with Crippen LogP contribution in [0.4, 0.5) is 0 Å². The van der Waals surface area contributed by atoms with E-state index in [1.54, 1.807) is 0 Å². The van der Waals surface area contributed by atoms with E-state index in [2.05, 4.69) is 46.9 Å². The van der Waals surface area contributed by atoms with Crippen LogP contribution >= 0.6 is 34.8 Å². The summed E-state index contributed by atoms with van der Waals surface area (Å²) in [7, 11) is -2.10. The Bertz CT molecular complexity index is 573. The van der Waals surface area contributed by atoms with Crippen LogP contribution in [-0.4, -0.2) is 64.0 Å². The maximum absolute atomic E-state index is 8.06. The third-order valence-electron chi connectivity index (χ3n) is 7.25. The highest BCUT2D eigenvalue weighted by Crippen LogP contribution is 2.37. The van der Waals surface area contributed by atoms with Crippen molar-refractivity contribution < 1.29 is 18.3 Å². The van der Waals surface area contributed by atoms with Crippen molar-refractivity contribution in [2.45, 2.75) is 119 Å². The molecule has 11 heteroatoms. The third kappa shape index (κ3) is 7.31. The molecule has 6 nitrogen and oxygen atoms in total. The summed E-state index contributed by atoms with van der Waals surface area (Å²) >= 11 is 17.6. The molecule has 0 aromatic heterocycles. The topological polar surface area (TPSA) is 72.8 Å². The van der Waals surface area contributed by atoms with Crippen molar-refractivity contribution in [2.24, 2.45) is 0 Å². The van der Waals surface area contributed by atoms with Crippen molar-refractivity contribution in [3.63, 3.8) is 0 Å². The second-order valence-corrected chi connectivity index (χ2v) is 20.3. The molecule has 1 fully saturated rings. The highest BCUT2D eigenvalue weighted by atomic mass is 35.6. The Morgan fingerprint density at radius 1 is 0.875 bits per heavy atom. The van der Waals surface area contributed by atoms with Gasteiger partial charge in [-0.1, -0.05) is 76.3 Å². The number of halogens is 3. The number of hydrogen-bond acceptors (Lipinski definition) is 6. The first-order valence-corrected chi connectivity index (χ1v) is 18.1. The molecular formula is C21H43Cl3N2O4Si2. The number of rotatable bonds is 12. The molecule has 190 valence electrons. The van der Waals surface area contributed by atoms with Gasteiger partial charge in [-0.3, -0.25) is 5.41 Å². The third-order valence-corrected chi connectivity index (χ3v) is 17.0. The standard InChI is InChI=1S/C21H43Cl3N2O4Si2/c1-9-31(10-2,11-3)29-17-15(7)27-19(28-20(25)21(22,23)24)16(26-8)18(17)30-32(12-4,13-5)14-6/h15-19,25-26H,9-14H2,1-8H3/t15-,16-,17+,18-,19-/m1/s1. The van der Waals surface area contributed by atoms with Crippen molar-refractivity contribution in [2.75, 3.05) is 7.05 Å². The van der Waals surface area contributed by atoms with E-state index in [0.717, 1.165) is 36.3 Å². The zero-order valence-electron chi connectivity index (χ0n) is 20.9. The molecule has 1 saturated heterocycles.